The molecule has 0 spiro atoms. The standard InChI is InChI=1S/C17H13ClN4O2/c1-10-2-7-14(19-8-10)21-16(23)13-9-20-15(22-17(13)24)11-3-5-12(18)6-4-11/h2-9H,1H3,(H,19,21,23)(H,20,22,24). The Hall–Kier alpha value is -2.99. The zero-order chi connectivity index (χ0) is 17.1. The number of aromatic amines is 1. The quantitative estimate of drug-likeness (QED) is 0.767. The molecule has 0 saturated heterocycles. The van der Waals surface area contributed by atoms with E-state index in [1.54, 1.807) is 36.5 Å². The van der Waals surface area contributed by atoms with Crippen LogP contribution >= 0.6 is 11.6 Å². The summed E-state index contributed by atoms with van der Waals surface area (Å²) in [5.74, 6) is 0.163. The highest BCUT2D eigenvalue weighted by atomic mass is 35.5. The van der Waals surface area contributed by atoms with Crippen molar-refractivity contribution in [1.29, 1.82) is 0 Å². The Bertz CT molecular complexity index is 934. The van der Waals surface area contributed by atoms with Crippen LogP contribution in [-0.4, -0.2) is 20.9 Å². The summed E-state index contributed by atoms with van der Waals surface area (Å²) >= 11 is 5.83. The summed E-state index contributed by atoms with van der Waals surface area (Å²) in [6.45, 7) is 1.89. The average molecular weight is 341 g/mol. The number of aryl methyl sites for hydroxylation is 1. The van der Waals surface area contributed by atoms with Crippen LogP contribution in [0.2, 0.25) is 5.02 Å². The summed E-state index contributed by atoms with van der Waals surface area (Å²) in [6, 6.07) is 10.3. The van der Waals surface area contributed by atoms with Gasteiger partial charge in [0.15, 0.2) is 0 Å². The third-order valence-corrected chi connectivity index (χ3v) is 3.57. The van der Waals surface area contributed by atoms with Crippen LogP contribution < -0.4 is 10.9 Å². The fourth-order valence-corrected chi connectivity index (χ4v) is 2.16. The normalized spacial score (nSPS) is 10.4. The van der Waals surface area contributed by atoms with Gasteiger partial charge in [-0.15, -0.1) is 0 Å². The third kappa shape index (κ3) is 3.49. The lowest BCUT2D eigenvalue weighted by molar-refractivity contribution is 0.102. The molecule has 0 bridgehead atoms. The topological polar surface area (TPSA) is 87.7 Å². The number of aromatic nitrogens is 3. The highest BCUT2D eigenvalue weighted by Gasteiger charge is 2.13. The van der Waals surface area contributed by atoms with Crippen molar-refractivity contribution in [3.63, 3.8) is 0 Å². The molecular weight excluding hydrogens is 328 g/mol. The molecule has 0 saturated carbocycles. The minimum absolute atomic E-state index is 0.0879. The van der Waals surface area contributed by atoms with Crippen molar-refractivity contribution >= 4 is 23.3 Å². The zero-order valence-corrected chi connectivity index (χ0v) is 13.5. The maximum Gasteiger partial charge on any atom is 0.264 e. The predicted octanol–water partition coefficient (Wildman–Crippen LogP) is 3.05. The van der Waals surface area contributed by atoms with E-state index >= 15 is 0 Å². The van der Waals surface area contributed by atoms with Crippen molar-refractivity contribution < 1.29 is 4.79 Å². The second kappa shape index (κ2) is 6.64. The molecule has 0 aliphatic rings. The largest absolute Gasteiger partial charge is 0.306 e. The summed E-state index contributed by atoms with van der Waals surface area (Å²) in [5, 5.41) is 3.15. The molecule has 0 aliphatic heterocycles. The minimum atomic E-state index is -0.567. The molecule has 1 aromatic carbocycles. The summed E-state index contributed by atoms with van der Waals surface area (Å²) in [7, 11) is 0. The molecule has 0 unspecified atom stereocenters. The highest BCUT2D eigenvalue weighted by Crippen LogP contribution is 2.17. The monoisotopic (exact) mass is 340 g/mol. The number of amides is 1. The third-order valence-electron chi connectivity index (χ3n) is 3.31. The highest BCUT2D eigenvalue weighted by molar-refractivity contribution is 6.30. The van der Waals surface area contributed by atoms with Crippen LogP contribution in [0.4, 0.5) is 5.82 Å². The molecule has 0 aliphatic carbocycles. The van der Waals surface area contributed by atoms with Crippen LogP contribution in [-0.2, 0) is 0 Å². The number of anilines is 1. The molecule has 0 radical (unpaired) electrons. The van der Waals surface area contributed by atoms with Crippen molar-refractivity contribution in [2.45, 2.75) is 6.92 Å². The van der Waals surface area contributed by atoms with Crippen LogP contribution in [0, 0.1) is 6.92 Å². The van der Waals surface area contributed by atoms with Crippen LogP contribution in [0.3, 0.4) is 0 Å². The van der Waals surface area contributed by atoms with E-state index in [9.17, 15) is 9.59 Å². The number of hydrogen-bond acceptors (Lipinski definition) is 4. The van der Waals surface area contributed by atoms with E-state index in [4.69, 9.17) is 11.6 Å². The van der Waals surface area contributed by atoms with Gasteiger partial charge in [-0.05, 0) is 42.8 Å². The number of pyridine rings is 1. The number of H-pyrrole nitrogens is 1. The van der Waals surface area contributed by atoms with E-state index in [2.05, 4.69) is 20.3 Å². The first kappa shape index (κ1) is 15.9. The molecule has 3 rings (SSSR count). The first-order chi connectivity index (χ1) is 11.5. The number of carbonyl (C=O) groups excluding carboxylic acids is 1. The molecule has 24 heavy (non-hydrogen) atoms. The van der Waals surface area contributed by atoms with E-state index in [1.807, 2.05) is 13.0 Å². The van der Waals surface area contributed by atoms with Gasteiger partial charge in [0.1, 0.15) is 17.2 Å². The average Bonchev–Trinajstić information content (AvgIpc) is 2.57. The van der Waals surface area contributed by atoms with Gasteiger partial charge in [-0.2, -0.15) is 0 Å². The molecule has 2 heterocycles. The lowest BCUT2D eigenvalue weighted by atomic mass is 10.2. The van der Waals surface area contributed by atoms with Gasteiger partial charge in [0.2, 0.25) is 0 Å². The number of carbonyl (C=O) groups is 1. The second-order valence-corrected chi connectivity index (χ2v) is 5.59. The first-order valence-corrected chi connectivity index (χ1v) is 7.50. The SMILES string of the molecule is Cc1ccc(NC(=O)c2cnc(-c3ccc(Cl)cc3)[nH]c2=O)nc1. The molecule has 120 valence electrons. The zero-order valence-electron chi connectivity index (χ0n) is 12.7. The van der Waals surface area contributed by atoms with Crippen molar-refractivity contribution in [3.8, 4) is 11.4 Å². The maximum atomic E-state index is 12.2. The van der Waals surface area contributed by atoms with E-state index in [-0.39, 0.29) is 5.56 Å². The number of benzene rings is 1. The van der Waals surface area contributed by atoms with Crippen molar-refractivity contribution in [2.75, 3.05) is 5.32 Å². The van der Waals surface area contributed by atoms with Crippen LogP contribution in [0.1, 0.15) is 15.9 Å². The van der Waals surface area contributed by atoms with Gasteiger partial charge in [-0.3, -0.25) is 9.59 Å². The van der Waals surface area contributed by atoms with Crippen molar-refractivity contribution in [2.24, 2.45) is 0 Å². The smallest absolute Gasteiger partial charge is 0.264 e. The van der Waals surface area contributed by atoms with Gasteiger partial charge in [-0.25, -0.2) is 9.97 Å². The van der Waals surface area contributed by atoms with Gasteiger partial charge >= 0.3 is 0 Å². The lowest BCUT2D eigenvalue weighted by Gasteiger charge is -2.05. The Morgan fingerprint density at radius 1 is 1.08 bits per heavy atom. The Kier molecular flexibility index (Phi) is 4.39. The first-order valence-electron chi connectivity index (χ1n) is 7.12. The minimum Gasteiger partial charge on any atom is -0.306 e. The van der Waals surface area contributed by atoms with Crippen LogP contribution in [0.5, 0.6) is 0 Å². The molecule has 2 aromatic heterocycles. The Morgan fingerprint density at radius 3 is 2.46 bits per heavy atom. The number of halogens is 1. The summed E-state index contributed by atoms with van der Waals surface area (Å²) in [4.78, 5) is 35.1. The predicted molar refractivity (Wildman–Crippen MR) is 92.2 cm³/mol. The Morgan fingerprint density at radius 2 is 1.83 bits per heavy atom. The maximum absolute atomic E-state index is 12.2. The molecule has 0 atom stereocenters. The Labute approximate surface area is 142 Å². The van der Waals surface area contributed by atoms with Crippen molar-refractivity contribution in [3.05, 3.63) is 75.3 Å². The van der Waals surface area contributed by atoms with Gasteiger partial charge < -0.3 is 10.3 Å². The number of hydrogen-bond donors (Lipinski definition) is 2. The molecule has 0 fully saturated rings. The molecular formula is C17H13ClN4O2. The second-order valence-electron chi connectivity index (χ2n) is 5.16. The van der Waals surface area contributed by atoms with Crippen molar-refractivity contribution in [1.82, 2.24) is 15.0 Å². The van der Waals surface area contributed by atoms with Crippen LogP contribution in [0.15, 0.2) is 53.6 Å². The summed E-state index contributed by atoms with van der Waals surface area (Å²) in [6.07, 6.45) is 2.87. The van der Waals surface area contributed by atoms with Crippen LogP contribution in [0.25, 0.3) is 11.4 Å². The van der Waals surface area contributed by atoms with Gasteiger partial charge in [0.05, 0.1) is 0 Å². The summed E-state index contributed by atoms with van der Waals surface area (Å²) < 4.78 is 0. The molecule has 1 amide bonds. The lowest BCUT2D eigenvalue weighted by Crippen LogP contribution is -2.24. The molecule has 6 nitrogen and oxygen atoms in total. The van der Waals surface area contributed by atoms with E-state index in [1.165, 1.54) is 6.20 Å². The summed E-state index contributed by atoms with van der Waals surface area (Å²) in [5.41, 5.74) is 1.05. The van der Waals surface area contributed by atoms with E-state index < -0.39 is 11.5 Å². The molecule has 2 N–H and O–H groups in total. The molecule has 7 heteroatoms. The Balaban J connectivity index is 1.84. The van der Waals surface area contributed by atoms with E-state index in [0.717, 1.165) is 5.56 Å². The van der Waals surface area contributed by atoms with E-state index in [0.29, 0.717) is 22.2 Å². The van der Waals surface area contributed by atoms with Gasteiger partial charge in [0.25, 0.3) is 11.5 Å². The van der Waals surface area contributed by atoms with Gasteiger partial charge in [-0.1, -0.05) is 17.7 Å². The fraction of sp³-hybridized carbons (Fsp3) is 0.0588. The van der Waals surface area contributed by atoms with Gasteiger partial charge in [0, 0.05) is 23.0 Å². The fourth-order valence-electron chi connectivity index (χ4n) is 2.04. The number of nitrogens with zero attached hydrogens (tertiary/aromatic N) is 2. The number of rotatable bonds is 3. The number of nitrogens with one attached hydrogen (secondary N) is 2. The molecule has 3 aromatic rings.